The van der Waals surface area contributed by atoms with Crippen molar-refractivity contribution in [3.63, 3.8) is 0 Å². The molecule has 1 saturated heterocycles. The number of nitrogens with zero attached hydrogens (tertiary/aromatic N) is 2. The van der Waals surface area contributed by atoms with Crippen LogP contribution in [0.5, 0.6) is 0 Å². The lowest BCUT2D eigenvalue weighted by Crippen LogP contribution is -2.66. The molecule has 0 spiro atoms. The zero-order valence-corrected chi connectivity index (χ0v) is 24.5. The maximum absolute atomic E-state index is 13.0. The summed E-state index contributed by atoms with van der Waals surface area (Å²) in [6, 6.07) is 32.9. The van der Waals surface area contributed by atoms with E-state index in [-0.39, 0.29) is 10.9 Å². The first-order valence-corrected chi connectivity index (χ1v) is 15.7. The number of pyridine rings is 1. The molecule has 1 N–H and O–H groups in total. The summed E-state index contributed by atoms with van der Waals surface area (Å²) in [5.41, 5.74) is 3.17. The molecule has 0 unspecified atom stereocenters. The van der Waals surface area contributed by atoms with Gasteiger partial charge in [-0.05, 0) is 45.2 Å². The van der Waals surface area contributed by atoms with Gasteiger partial charge >= 0.3 is 0 Å². The topological polar surface area (TPSA) is 63.7 Å². The fourth-order valence-corrected chi connectivity index (χ4v) is 10.0. The SMILES string of the molecule is CC(C)(C)[Si](OCc1ccc(NC(=O)c2ccccn2)c(N2CCOCC2)c1)(c1ccccc1)c1ccccc1. The highest BCUT2D eigenvalue weighted by atomic mass is 28.4. The molecule has 1 aliphatic heterocycles. The molecule has 2 heterocycles. The lowest BCUT2D eigenvalue weighted by atomic mass is 10.1. The first-order chi connectivity index (χ1) is 19.4. The van der Waals surface area contributed by atoms with Crippen molar-refractivity contribution < 1.29 is 14.0 Å². The minimum Gasteiger partial charge on any atom is -0.403 e. The predicted octanol–water partition coefficient (Wildman–Crippen LogP) is 5.25. The second-order valence-electron chi connectivity index (χ2n) is 11.1. The van der Waals surface area contributed by atoms with Gasteiger partial charge in [0.25, 0.3) is 14.2 Å². The molecule has 7 heteroatoms. The van der Waals surface area contributed by atoms with Crippen molar-refractivity contribution in [2.24, 2.45) is 0 Å². The summed E-state index contributed by atoms with van der Waals surface area (Å²) in [4.78, 5) is 19.5. The molecule has 0 bridgehead atoms. The highest BCUT2D eigenvalue weighted by Gasteiger charge is 2.50. The van der Waals surface area contributed by atoms with Crippen LogP contribution in [0.2, 0.25) is 5.04 Å². The van der Waals surface area contributed by atoms with Gasteiger partial charge in [0.15, 0.2) is 0 Å². The van der Waals surface area contributed by atoms with Gasteiger partial charge in [-0.15, -0.1) is 0 Å². The minimum atomic E-state index is -2.68. The number of hydrogen-bond donors (Lipinski definition) is 1. The Labute approximate surface area is 238 Å². The third-order valence-electron chi connectivity index (χ3n) is 7.43. The van der Waals surface area contributed by atoms with E-state index in [0.717, 1.165) is 30.0 Å². The van der Waals surface area contributed by atoms with Crippen LogP contribution in [0.3, 0.4) is 0 Å². The van der Waals surface area contributed by atoms with Crippen molar-refractivity contribution in [3.05, 3.63) is 115 Å². The van der Waals surface area contributed by atoms with Gasteiger partial charge < -0.3 is 19.4 Å². The van der Waals surface area contributed by atoms with Gasteiger partial charge in [0, 0.05) is 19.3 Å². The largest absolute Gasteiger partial charge is 0.403 e. The Morgan fingerprint density at radius 3 is 2.10 bits per heavy atom. The molecule has 206 valence electrons. The van der Waals surface area contributed by atoms with Crippen LogP contribution in [0, 0.1) is 0 Å². The molecule has 6 nitrogen and oxygen atoms in total. The van der Waals surface area contributed by atoms with E-state index < -0.39 is 8.32 Å². The van der Waals surface area contributed by atoms with Gasteiger partial charge in [-0.1, -0.05) is 93.6 Å². The first kappa shape index (κ1) is 27.8. The monoisotopic (exact) mass is 551 g/mol. The van der Waals surface area contributed by atoms with Gasteiger partial charge in [0.2, 0.25) is 0 Å². The van der Waals surface area contributed by atoms with E-state index in [2.05, 4.69) is 109 Å². The van der Waals surface area contributed by atoms with Crippen LogP contribution in [-0.4, -0.2) is 45.5 Å². The average molecular weight is 552 g/mol. The number of nitrogens with one attached hydrogen (secondary N) is 1. The van der Waals surface area contributed by atoms with Crippen molar-refractivity contribution in [2.75, 3.05) is 36.5 Å². The number of anilines is 2. The third kappa shape index (κ3) is 5.87. The number of aromatic nitrogens is 1. The van der Waals surface area contributed by atoms with Gasteiger partial charge in [-0.3, -0.25) is 9.78 Å². The number of hydrogen-bond acceptors (Lipinski definition) is 5. The maximum atomic E-state index is 13.0. The number of morpholine rings is 1. The van der Waals surface area contributed by atoms with E-state index in [1.807, 2.05) is 12.1 Å². The summed E-state index contributed by atoms with van der Waals surface area (Å²) in [5, 5.41) is 5.47. The third-order valence-corrected chi connectivity index (χ3v) is 12.4. The molecule has 0 atom stereocenters. The molecule has 4 aromatic rings. The fourth-order valence-electron chi connectivity index (χ4n) is 5.48. The number of amides is 1. The van der Waals surface area contributed by atoms with Gasteiger partial charge in [-0.25, -0.2) is 0 Å². The second-order valence-corrected chi connectivity index (χ2v) is 15.4. The molecule has 0 saturated carbocycles. The van der Waals surface area contributed by atoms with E-state index in [4.69, 9.17) is 9.16 Å². The summed E-state index contributed by atoms with van der Waals surface area (Å²) >= 11 is 0. The van der Waals surface area contributed by atoms with E-state index in [1.54, 1.807) is 18.3 Å². The lowest BCUT2D eigenvalue weighted by Gasteiger charge is -2.43. The summed E-state index contributed by atoms with van der Waals surface area (Å²) < 4.78 is 12.8. The van der Waals surface area contributed by atoms with Crippen LogP contribution in [0.4, 0.5) is 11.4 Å². The number of ether oxygens (including phenoxy) is 1. The highest BCUT2D eigenvalue weighted by molar-refractivity contribution is 6.99. The molecule has 5 rings (SSSR count). The molecular formula is C33H37N3O3Si. The van der Waals surface area contributed by atoms with Gasteiger partial charge in [0.05, 0.1) is 31.2 Å². The van der Waals surface area contributed by atoms with E-state index in [9.17, 15) is 4.79 Å². The average Bonchev–Trinajstić information content (AvgIpc) is 2.99. The zero-order valence-electron chi connectivity index (χ0n) is 23.5. The summed E-state index contributed by atoms with van der Waals surface area (Å²) in [5.74, 6) is -0.230. The molecular weight excluding hydrogens is 514 g/mol. The summed E-state index contributed by atoms with van der Waals surface area (Å²) in [6.45, 7) is 10.1. The van der Waals surface area contributed by atoms with Crippen molar-refractivity contribution >= 4 is 36.0 Å². The maximum Gasteiger partial charge on any atom is 0.274 e. The fraction of sp³-hybridized carbons (Fsp3) is 0.273. The Balaban J connectivity index is 1.50. The quantitative estimate of drug-likeness (QED) is 0.303. The number of benzene rings is 3. The molecule has 0 radical (unpaired) electrons. The molecule has 1 aromatic heterocycles. The first-order valence-electron chi connectivity index (χ1n) is 13.8. The van der Waals surface area contributed by atoms with Gasteiger partial charge in [0.1, 0.15) is 5.69 Å². The Bertz CT molecular complexity index is 1360. The Morgan fingerprint density at radius 2 is 1.52 bits per heavy atom. The standard InChI is InChI=1S/C33H37N3O3Si/c1-33(2,3)40(27-12-6-4-7-13-27,28-14-8-5-9-15-28)39-25-26-17-18-29(31(24-26)36-20-22-38-23-21-36)35-32(37)30-16-10-11-19-34-30/h4-19,24H,20-23,25H2,1-3H3,(H,35,37). The second kappa shape index (κ2) is 12.2. The van der Waals surface area contributed by atoms with Crippen LogP contribution < -0.4 is 20.6 Å². The number of carbonyl (C=O) groups excluding carboxylic acids is 1. The van der Waals surface area contributed by atoms with Gasteiger partial charge in [-0.2, -0.15) is 0 Å². The molecule has 3 aromatic carbocycles. The smallest absolute Gasteiger partial charge is 0.274 e. The van der Waals surface area contributed by atoms with Crippen molar-refractivity contribution in [1.29, 1.82) is 0 Å². The molecule has 1 fully saturated rings. The van der Waals surface area contributed by atoms with E-state index in [1.165, 1.54) is 10.4 Å². The highest BCUT2D eigenvalue weighted by Crippen LogP contribution is 2.38. The normalized spacial score (nSPS) is 14.1. The van der Waals surface area contributed by atoms with Crippen LogP contribution in [-0.2, 0) is 15.8 Å². The number of rotatable bonds is 8. The minimum absolute atomic E-state index is 0.112. The Morgan fingerprint density at radius 1 is 0.900 bits per heavy atom. The summed E-state index contributed by atoms with van der Waals surface area (Å²) in [6.07, 6.45) is 1.63. The van der Waals surface area contributed by atoms with Crippen LogP contribution in [0.1, 0.15) is 36.8 Å². The van der Waals surface area contributed by atoms with Crippen molar-refractivity contribution in [1.82, 2.24) is 4.98 Å². The predicted molar refractivity (Wildman–Crippen MR) is 164 cm³/mol. The zero-order chi connectivity index (χ0) is 28.0. The van der Waals surface area contributed by atoms with Crippen LogP contribution in [0.25, 0.3) is 0 Å². The number of carbonyl (C=O) groups is 1. The molecule has 1 amide bonds. The van der Waals surface area contributed by atoms with Crippen molar-refractivity contribution in [3.8, 4) is 0 Å². The van der Waals surface area contributed by atoms with Crippen molar-refractivity contribution in [2.45, 2.75) is 32.4 Å². The Hall–Kier alpha value is -3.78. The van der Waals surface area contributed by atoms with Crippen LogP contribution >= 0.6 is 0 Å². The summed E-state index contributed by atoms with van der Waals surface area (Å²) in [7, 11) is -2.68. The van der Waals surface area contributed by atoms with Crippen LogP contribution in [0.15, 0.2) is 103 Å². The van der Waals surface area contributed by atoms with E-state index >= 15 is 0 Å². The lowest BCUT2D eigenvalue weighted by molar-refractivity contribution is 0.102. The molecule has 40 heavy (non-hydrogen) atoms. The Kier molecular flexibility index (Phi) is 8.45. The van der Waals surface area contributed by atoms with E-state index in [0.29, 0.717) is 25.5 Å². The molecule has 0 aliphatic carbocycles. The molecule has 1 aliphatic rings.